The van der Waals surface area contributed by atoms with Crippen LogP contribution >= 0.6 is 0 Å². The third-order valence-electron chi connectivity index (χ3n) is 1.26. The van der Waals surface area contributed by atoms with Crippen molar-refractivity contribution in [1.29, 1.82) is 5.26 Å². The fourth-order valence-electron chi connectivity index (χ4n) is 0.745. The Balaban J connectivity index is 2.94. The predicted molar refractivity (Wildman–Crippen MR) is 37.4 cm³/mol. The number of para-hydroxylation sites is 1. The average molecular weight is 133 g/mol. The van der Waals surface area contributed by atoms with E-state index in [4.69, 9.17) is 10.4 Å². The van der Waals surface area contributed by atoms with Crippen molar-refractivity contribution in [1.82, 2.24) is 0 Å². The molecule has 0 atom stereocenters. The van der Waals surface area contributed by atoms with Crippen LogP contribution in [0.4, 0.5) is 0 Å². The van der Waals surface area contributed by atoms with Crippen LogP contribution in [0.25, 0.3) is 0 Å². The molecule has 0 saturated heterocycles. The minimum Gasteiger partial charge on any atom is -0.508 e. The molecule has 0 aromatic heterocycles. The number of aromatic hydroxyl groups is 1. The molecule has 0 unspecified atom stereocenters. The molecule has 0 aliphatic rings. The van der Waals surface area contributed by atoms with Crippen molar-refractivity contribution in [3.63, 3.8) is 0 Å². The fourth-order valence-corrected chi connectivity index (χ4v) is 0.745. The van der Waals surface area contributed by atoms with E-state index in [1.54, 1.807) is 24.3 Å². The Morgan fingerprint density at radius 2 is 2.10 bits per heavy atom. The Labute approximate surface area is 59.3 Å². The minimum absolute atomic E-state index is 0.198. The van der Waals surface area contributed by atoms with Crippen LogP contribution in [0.5, 0.6) is 5.75 Å². The lowest BCUT2D eigenvalue weighted by atomic mass is 10.1. The van der Waals surface area contributed by atoms with E-state index < -0.39 is 0 Å². The molecule has 0 amide bonds. The molecule has 0 radical (unpaired) electrons. The van der Waals surface area contributed by atoms with Crippen LogP contribution in [0.15, 0.2) is 24.3 Å². The highest BCUT2D eigenvalue weighted by atomic mass is 16.3. The average Bonchev–Trinajstić information content (AvgIpc) is 1.94. The van der Waals surface area contributed by atoms with Crippen molar-refractivity contribution in [2.45, 2.75) is 6.42 Å². The van der Waals surface area contributed by atoms with Gasteiger partial charge in [0.15, 0.2) is 0 Å². The SMILES string of the molecule is N#CCc1ccccc1O. The highest BCUT2D eigenvalue weighted by Gasteiger charge is 1.95. The summed E-state index contributed by atoms with van der Waals surface area (Å²) >= 11 is 0. The topological polar surface area (TPSA) is 44.0 Å². The second kappa shape index (κ2) is 2.88. The Hall–Kier alpha value is -1.49. The molecule has 0 spiro atoms. The van der Waals surface area contributed by atoms with Gasteiger partial charge in [0.2, 0.25) is 0 Å². The molecule has 0 bridgehead atoms. The lowest BCUT2D eigenvalue weighted by molar-refractivity contribution is 0.470. The molecule has 0 saturated carbocycles. The number of nitriles is 1. The van der Waals surface area contributed by atoms with E-state index in [0.29, 0.717) is 5.56 Å². The molecule has 0 heterocycles. The van der Waals surface area contributed by atoms with Crippen LogP contribution in [-0.4, -0.2) is 5.11 Å². The van der Waals surface area contributed by atoms with Gasteiger partial charge in [-0.1, -0.05) is 18.2 Å². The number of hydrogen-bond donors (Lipinski definition) is 1. The Morgan fingerprint density at radius 3 is 2.70 bits per heavy atom. The van der Waals surface area contributed by atoms with E-state index in [9.17, 15) is 0 Å². The third-order valence-corrected chi connectivity index (χ3v) is 1.26. The zero-order valence-electron chi connectivity index (χ0n) is 5.41. The maximum atomic E-state index is 9.09. The normalized spacial score (nSPS) is 8.70. The van der Waals surface area contributed by atoms with Crippen LogP contribution in [0.2, 0.25) is 0 Å². The van der Waals surface area contributed by atoms with Gasteiger partial charge >= 0.3 is 0 Å². The first-order chi connectivity index (χ1) is 4.84. The van der Waals surface area contributed by atoms with Crippen LogP contribution in [0.3, 0.4) is 0 Å². The predicted octanol–water partition coefficient (Wildman–Crippen LogP) is 1.46. The van der Waals surface area contributed by atoms with E-state index in [0.717, 1.165) is 0 Å². The van der Waals surface area contributed by atoms with Gasteiger partial charge < -0.3 is 5.11 Å². The molecule has 0 fully saturated rings. The van der Waals surface area contributed by atoms with Gasteiger partial charge in [0.05, 0.1) is 12.5 Å². The first-order valence-corrected chi connectivity index (χ1v) is 2.98. The van der Waals surface area contributed by atoms with E-state index >= 15 is 0 Å². The van der Waals surface area contributed by atoms with Crippen LogP contribution in [0.1, 0.15) is 5.56 Å². The summed E-state index contributed by atoms with van der Waals surface area (Å²) < 4.78 is 0. The lowest BCUT2D eigenvalue weighted by Crippen LogP contribution is -1.80. The number of phenolic OH excluding ortho intramolecular Hbond substituents is 1. The summed E-state index contributed by atoms with van der Waals surface area (Å²) in [6.45, 7) is 0. The van der Waals surface area contributed by atoms with Crippen molar-refractivity contribution in [2.24, 2.45) is 0 Å². The highest BCUT2D eigenvalue weighted by molar-refractivity contribution is 5.33. The van der Waals surface area contributed by atoms with Crippen LogP contribution in [0, 0.1) is 11.3 Å². The maximum absolute atomic E-state index is 9.09. The number of benzene rings is 1. The lowest BCUT2D eigenvalue weighted by Gasteiger charge is -1.95. The molecule has 0 aliphatic heterocycles. The molecule has 1 aromatic carbocycles. The van der Waals surface area contributed by atoms with Crippen molar-refractivity contribution in [3.8, 4) is 11.8 Å². The second-order valence-electron chi connectivity index (χ2n) is 1.96. The van der Waals surface area contributed by atoms with Gasteiger partial charge in [-0.25, -0.2) is 0 Å². The van der Waals surface area contributed by atoms with Gasteiger partial charge in [0, 0.05) is 5.56 Å². The van der Waals surface area contributed by atoms with Crippen molar-refractivity contribution in [2.75, 3.05) is 0 Å². The standard InChI is InChI=1S/C8H7NO/c9-6-5-7-3-1-2-4-8(7)10/h1-4,10H,5H2. The first-order valence-electron chi connectivity index (χ1n) is 2.98. The van der Waals surface area contributed by atoms with Crippen molar-refractivity contribution in [3.05, 3.63) is 29.8 Å². The zero-order chi connectivity index (χ0) is 7.40. The summed E-state index contributed by atoms with van der Waals surface area (Å²) in [4.78, 5) is 0. The van der Waals surface area contributed by atoms with Crippen molar-refractivity contribution >= 4 is 0 Å². The number of rotatable bonds is 1. The summed E-state index contributed by atoms with van der Waals surface area (Å²) in [6, 6.07) is 8.81. The molecule has 2 nitrogen and oxygen atoms in total. The summed E-state index contributed by atoms with van der Waals surface area (Å²) in [6.07, 6.45) is 0.271. The van der Waals surface area contributed by atoms with Crippen LogP contribution < -0.4 is 0 Å². The number of hydrogen-bond acceptors (Lipinski definition) is 2. The third kappa shape index (κ3) is 1.26. The van der Waals surface area contributed by atoms with Gasteiger partial charge in [-0.15, -0.1) is 0 Å². The molecule has 2 heteroatoms. The van der Waals surface area contributed by atoms with Gasteiger partial charge in [0.1, 0.15) is 5.75 Å². The summed E-state index contributed by atoms with van der Waals surface area (Å²) in [7, 11) is 0. The smallest absolute Gasteiger partial charge is 0.119 e. The second-order valence-corrected chi connectivity index (χ2v) is 1.96. The van der Waals surface area contributed by atoms with Gasteiger partial charge in [-0.05, 0) is 6.07 Å². The highest BCUT2D eigenvalue weighted by Crippen LogP contribution is 2.14. The van der Waals surface area contributed by atoms with Crippen LogP contribution in [-0.2, 0) is 6.42 Å². The Kier molecular flexibility index (Phi) is 1.91. The van der Waals surface area contributed by atoms with Gasteiger partial charge in [-0.2, -0.15) is 5.26 Å². The molecule has 1 aromatic rings. The largest absolute Gasteiger partial charge is 0.508 e. The Morgan fingerprint density at radius 1 is 1.40 bits per heavy atom. The van der Waals surface area contributed by atoms with E-state index in [-0.39, 0.29) is 12.2 Å². The van der Waals surface area contributed by atoms with E-state index in [1.165, 1.54) is 0 Å². The van der Waals surface area contributed by atoms with Gasteiger partial charge in [-0.3, -0.25) is 0 Å². The number of phenols is 1. The fraction of sp³-hybridized carbons (Fsp3) is 0.125. The molecule has 10 heavy (non-hydrogen) atoms. The summed E-state index contributed by atoms with van der Waals surface area (Å²) in [5.41, 5.74) is 0.685. The summed E-state index contributed by atoms with van der Waals surface area (Å²) in [5, 5.41) is 17.4. The molecule has 1 N–H and O–H groups in total. The monoisotopic (exact) mass is 133 g/mol. The quantitative estimate of drug-likeness (QED) is 0.630. The minimum atomic E-state index is 0.198. The van der Waals surface area contributed by atoms with Gasteiger partial charge in [0.25, 0.3) is 0 Å². The molecule has 50 valence electrons. The maximum Gasteiger partial charge on any atom is 0.119 e. The van der Waals surface area contributed by atoms with Crippen molar-refractivity contribution < 1.29 is 5.11 Å². The molecule has 1 rings (SSSR count). The van der Waals surface area contributed by atoms with E-state index in [2.05, 4.69) is 0 Å². The number of nitrogens with zero attached hydrogens (tertiary/aromatic N) is 1. The Bertz CT molecular complexity index is 262. The molecule has 0 aliphatic carbocycles. The summed E-state index contributed by atoms with van der Waals surface area (Å²) in [5.74, 6) is 0.198. The first kappa shape index (κ1) is 6.63. The molecular formula is C8H7NO. The van der Waals surface area contributed by atoms with E-state index in [1.807, 2.05) is 6.07 Å². The zero-order valence-corrected chi connectivity index (χ0v) is 5.41. The molecular weight excluding hydrogens is 126 g/mol.